The molecule has 0 aromatic carbocycles. The Morgan fingerprint density at radius 1 is 0.583 bits per heavy atom. The van der Waals surface area contributed by atoms with E-state index < -0.39 is 43.4 Å². The third kappa shape index (κ3) is 23.6. The van der Waals surface area contributed by atoms with E-state index in [0.29, 0.717) is 13.0 Å². The van der Waals surface area contributed by atoms with Crippen molar-refractivity contribution in [3.63, 3.8) is 0 Å². The lowest BCUT2D eigenvalue weighted by Gasteiger charge is -2.39. The third-order valence-corrected chi connectivity index (χ3v) is 9.52. The quantitative estimate of drug-likeness (QED) is 0.0393. The summed E-state index contributed by atoms with van der Waals surface area (Å²) >= 11 is 0. The summed E-state index contributed by atoms with van der Waals surface area (Å²) in [5.41, 5.74) is 0. The Labute approximate surface area is 293 Å². The first-order valence-electron chi connectivity index (χ1n) is 20.1. The Hall–Kier alpha value is -0.810. The largest absolute Gasteiger partial charge is 0.457 e. The third-order valence-electron chi connectivity index (χ3n) is 9.52. The summed E-state index contributed by atoms with van der Waals surface area (Å²) in [6, 6.07) is 0. The first-order chi connectivity index (χ1) is 23.4. The smallest absolute Gasteiger partial charge is 0.306 e. The van der Waals surface area contributed by atoms with Gasteiger partial charge in [0.15, 0.2) is 6.29 Å². The van der Waals surface area contributed by atoms with Crippen molar-refractivity contribution in [3.8, 4) is 0 Å². The molecule has 4 N–H and O–H groups in total. The van der Waals surface area contributed by atoms with Gasteiger partial charge in [-0.25, -0.2) is 0 Å². The maximum atomic E-state index is 12.7. The van der Waals surface area contributed by atoms with Gasteiger partial charge in [0.25, 0.3) is 0 Å². The summed E-state index contributed by atoms with van der Waals surface area (Å²) in [7, 11) is 0. The molecule has 0 amide bonds. The van der Waals surface area contributed by atoms with Crippen LogP contribution in [0.3, 0.4) is 0 Å². The number of aliphatic hydroxyl groups is 4. The van der Waals surface area contributed by atoms with Crippen molar-refractivity contribution < 1.29 is 44.2 Å². The number of esters is 1. The van der Waals surface area contributed by atoms with Crippen LogP contribution < -0.4 is 0 Å². The SMILES string of the molecule is CCCCCCCCCCCCCCCCCCCCCC(=O)OC(COCCCCCCCC)COC1OC(CO)C(O)C(O)C1O. The molecule has 0 aromatic heterocycles. The topological polar surface area (TPSA) is 135 Å². The monoisotopic (exact) mass is 689 g/mol. The second kappa shape index (κ2) is 32.1. The van der Waals surface area contributed by atoms with Crippen molar-refractivity contribution in [2.45, 2.75) is 218 Å². The van der Waals surface area contributed by atoms with Crippen LogP contribution in [0.25, 0.3) is 0 Å². The zero-order valence-corrected chi connectivity index (χ0v) is 31.0. The predicted molar refractivity (Wildman–Crippen MR) is 192 cm³/mol. The van der Waals surface area contributed by atoms with E-state index in [9.17, 15) is 25.2 Å². The minimum atomic E-state index is -1.53. The van der Waals surface area contributed by atoms with Gasteiger partial charge in [-0.2, -0.15) is 0 Å². The first kappa shape index (κ1) is 45.2. The van der Waals surface area contributed by atoms with Crippen LogP contribution in [0.15, 0.2) is 0 Å². The molecule has 1 aliphatic rings. The molecule has 9 nitrogen and oxygen atoms in total. The molecule has 0 aromatic rings. The zero-order valence-electron chi connectivity index (χ0n) is 31.0. The van der Waals surface area contributed by atoms with E-state index in [0.717, 1.165) is 32.1 Å². The minimum Gasteiger partial charge on any atom is -0.457 e. The molecule has 1 aliphatic heterocycles. The molecule has 6 unspecified atom stereocenters. The van der Waals surface area contributed by atoms with Gasteiger partial charge in [0, 0.05) is 13.0 Å². The first-order valence-corrected chi connectivity index (χ1v) is 20.1. The Bertz CT molecular complexity index is 707. The number of rotatable bonds is 34. The molecule has 0 radical (unpaired) electrons. The second-order valence-corrected chi connectivity index (χ2v) is 14.1. The molecule has 1 rings (SSSR count). The van der Waals surface area contributed by atoms with Gasteiger partial charge in [0.05, 0.1) is 19.8 Å². The Balaban J connectivity index is 2.19. The van der Waals surface area contributed by atoms with Crippen LogP contribution in [0.2, 0.25) is 0 Å². The van der Waals surface area contributed by atoms with Gasteiger partial charge in [0.1, 0.15) is 30.5 Å². The molecule has 0 saturated carbocycles. The number of ether oxygens (including phenoxy) is 4. The summed E-state index contributed by atoms with van der Waals surface area (Å²) in [5.74, 6) is -0.312. The Kier molecular flexibility index (Phi) is 30.3. The number of carbonyl (C=O) groups is 1. The minimum absolute atomic E-state index is 0.107. The van der Waals surface area contributed by atoms with E-state index in [1.54, 1.807) is 0 Å². The highest BCUT2D eigenvalue weighted by Crippen LogP contribution is 2.22. The Morgan fingerprint density at radius 3 is 1.48 bits per heavy atom. The van der Waals surface area contributed by atoms with Crippen LogP contribution in [0.5, 0.6) is 0 Å². The lowest BCUT2D eigenvalue weighted by molar-refractivity contribution is -0.305. The molecular weight excluding hydrogens is 612 g/mol. The van der Waals surface area contributed by atoms with Crippen molar-refractivity contribution in [1.29, 1.82) is 0 Å². The fourth-order valence-corrected chi connectivity index (χ4v) is 6.32. The highest BCUT2D eigenvalue weighted by molar-refractivity contribution is 5.69. The molecule has 1 fully saturated rings. The normalized spacial score (nSPS) is 21.8. The van der Waals surface area contributed by atoms with Gasteiger partial charge in [-0.05, 0) is 12.8 Å². The number of hydrogen-bond acceptors (Lipinski definition) is 9. The molecule has 48 heavy (non-hydrogen) atoms. The van der Waals surface area contributed by atoms with E-state index in [-0.39, 0.29) is 19.2 Å². The lowest BCUT2D eigenvalue weighted by atomic mass is 9.99. The van der Waals surface area contributed by atoms with Gasteiger partial charge in [-0.15, -0.1) is 0 Å². The number of aliphatic hydroxyl groups excluding tert-OH is 4. The standard InChI is InChI=1S/C39H76O9/c1-3-5-7-9-11-12-13-14-15-16-17-18-19-20-21-22-23-24-26-28-35(41)47-33(31-45-29-27-25-10-8-6-4-2)32-46-39-38(44)37(43)36(42)34(30-40)48-39/h33-34,36-40,42-44H,3-32H2,1-2H3. The fraction of sp³-hybridized carbons (Fsp3) is 0.974. The van der Waals surface area contributed by atoms with Crippen LogP contribution in [0.1, 0.15) is 181 Å². The molecule has 6 atom stereocenters. The van der Waals surface area contributed by atoms with Crippen LogP contribution in [0, 0.1) is 0 Å². The van der Waals surface area contributed by atoms with Gasteiger partial charge in [-0.3, -0.25) is 4.79 Å². The number of hydrogen-bond donors (Lipinski definition) is 4. The average Bonchev–Trinajstić information content (AvgIpc) is 3.08. The van der Waals surface area contributed by atoms with E-state index in [4.69, 9.17) is 18.9 Å². The number of carbonyl (C=O) groups excluding carboxylic acids is 1. The summed E-state index contributed by atoms with van der Waals surface area (Å²) in [6.07, 6.45) is 24.4. The molecule has 1 saturated heterocycles. The maximum absolute atomic E-state index is 12.7. The lowest BCUT2D eigenvalue weighted by Crippen LogP contribution is -2.59. The molecule has 0 spiro atoms. The highest BCUT2D eigenvalue weighted by atomic mass is 16.7. The van der Waals surface area contributed by atoms with Crippen molar-refractivity contribution in [2.24, 2.45) is 0 Å². The summed E-state index contributed by atoms with van der Waals surface area (Å²) < 4.78 is 22.6. The van der Waals surface area contributed by atoms with Crippen molar-refractivity contribution in [3.05, 3.63) is 0 Å². The van der Waals surface area contributed by atoms with Gasteiger partial charge in [0.2, 0.25) is 0 Å². The molecule has 1 heterocycles. The van der Waals surface area contributed by atoms with E-state index in [2.05, 4.69) is 13.8 Å². The van der Waals surface area contributed by atoms with Crippen LogP contribution >= 0.6 is 0 Å². The maximum Gasteiger partial charge on any atom is 0.306 e. The van der Waals surface area contributed by atoms with Gasteiger partial charge < -0.3 is 39.4 Å². The molecule has 286 valence electrons. The van der Waals surface area contributed by atoms with E-state index in [1.807, 2.05) is 0 Å². The Morgan fingerprint density at radius 2 is 1.02 bits per heavy atom. The van der Waals surface area contributed by atoms with Crippen LogP contribution in [-0.2, 0) is 23.7 Å². The van der Waals surface area contributed by atoms with Gasteiger partial charge in [-0.1, -0.05) is 162 Å². The van der Waals surface area contributed by atoms with Crippen molar-refractivity contribution >= 4 is 5.97 Å². The summed E-state index contributed by atoms with van der Waals surface area (Å²) in [5, 5.41) is 39.8. The molecular formula is C39H76O9. The molecule has 0 aliphatic carbocycles. The zero-order chi connectivity index (χ0) is 35.1. The predicted octanol–water partition coefficient (Wildman–Crippen LogP) is 7.91. The summed E-state index contributed by atoms with van der Waals surface area (Å²) in [4.78, 5) is 12.7. The average molecular weight is 689 g/mol. The number of unbranched alkanes of at least 4 members (excludes halogenated alkanes) is 23. The van der Waals surface area contributed by atoms with Crippen LogP contribution in [0.4, 0.5) is 0 Å². The summed E-state index contributed by atoms with van der Waals surface area (Å²) in [6.45, 7) is 4.53. The van der Waals surface area contributed by atoms with Gasteiger partial charge >= 0.3 is 5.97 Å². The van der Waals surface area contributed by atoms with Crippen molar-refractivity contribution in [1.82, 2.24) is 0 Å². The van der Waals surface area contributed by atoms with E-state index in [1.165, 1.54) is 128 Å². The highest BCUT2D eigenvalue weighted by Gasteiger charge is 2.44. The van der Waals surface area contributed by atoms with Crippen molar-refractivity contribution in [2.75, 3.05) is 26.4 Å². The van der Waals surface area contributed by atoms with Crippen LogP contribution in [-0.4, -0.2) is 89.6 Å². The van der Waals surface area contributed by atoms with E-state index >= 15 is 0 Å². The second-order valence-electron chi connectivity index (χ2n) is 14.1. The molecule has 9 heteroatoms. The molecule has 0 bridgehead atoms. The fourth-order valence-electron chi connectivity index (χ4n) is 6.32.